The lowest BCUT2D eigenvalue weighted by Gasteiger charge is -2.16. The van der Waals surface area contributed by atoms with Gasteiger partial charge in [0.15, 0.2) is 0 Å². The van der Waals surface area contributed by atoms with E-state index in [9.17, 15) is 4.79 Å². The highest BCUT2D eigenvalue weighted by molar-refractivity contribution is 5.71. The SMILES string of the molecule is CCCCCC(C)C(=O)OCCCCCCN(C)CCCCO. The molecule has 0 aromatic rings. The monoisotopic (exact) mass is 329 g/mol. The molecule has 0 aliphatic rings. The molecule has 0 saturated heterocycles. The van der Waals surface area contributed by atoms with Crippen molar-refractivity contribution in [2.24, 2.45) is 5.92 Å². The Kier molecular flexibility index (Phi) is 15.8. The molecular weight excluding hydrogens is 290 g/mol. The molecule has 0 bridgehead atoms. The number of carbonyl (C=O) groups excluding carboxylic acids is 1. The van der Waals surface area contributed by atoms with E-state index in [1.807, 2.05) is 6.92 Å². The van der Waals surface area contributed by atoms with Crippen molar-refractivity contribution in [1.82, 2.24) is 4.90 Å². The number of unbranched alkanes of at least 4 members (excludes halogenated alkanes) is 6. The lowest BCUT2D eigenvalue weighted by molar-refractivity contribution is -0.148. The van der Waals surface area contributed by atoms with E-state index in [0.717, 1.165) is 51.6 Å². The molecule has 0 spiro atoms. The van der Waals surface area contributed by atoms with Gasteiger partial charge in [-0.15, -0.1) is 0 Å². The molecule has 0 rings (SSSR count). The van der Waals surface area contributed by atoms with Gasteiger partial charge in [-0.3, -0.25) is 4.79 Å². The van der Waals surface area contributed by atoms with E-state index in [-0.39, 0.29) is 11.9 Å². The van der Waals surface area contributed by atoms with E-state index < -0.39 is 0 Å². The smallest absolute Gasteiger partial charge is 0.308 e. The second kappa shape index (κ2) is 16.3. The second-order valence-corrected chi connectivity index (χ2v) is 6.71. The number of hydrogen-bond donors (Lipinski definition) is 1. The average molecular weight is 330 g/mol. The highest BCUT2D eigenvalue weighted by Crippen LogP contribution is 2.11. The molecule has 4 heteroatoms. The van der Waals surface area contributed by atoms with E-state index in [4.69, 9.17) is 9.84 Å². The fraction of sp³-hybridized carbons (Fsp3) is 0.947. The van der Waals surface area contributed by atoms with Gasteiger partial charge in [-0.05, 0) is 52.2 Å². The van der Waals surface area contributed by atoms with Gasteiger partial charge in [-0.1, -0.05) is 46.0 Å². The molecule has 0 amide bonds. The minimum absolute atomic E-state index is 0.0234. The minimum Gasteiger partial charge on any atom is -0.465 e. The molecule has 0 aromatic heterocycles. The number of carbonyl (C=O) groups is 1. The lowest BCUT2D eigenvalue weighted by Crippen LogP contribution is -2.21. The first kappa shape index (κ1) is 22.4. The topological polar surface area (TPSA) is 49.8 Å². The number of esters is 1. The van der Waals surface area contributed by atoms with Crippen LogP contribution in [0.1, 0.15) is 78.1 Å². The van der Waals surface area contributed by atoms with Crippen molar-refractivity contribution in [3.05, 3.63) is 0 Å². The standard InChI is InChI=1S/C19H39NO3/c1-4-5-8-13-18(2)19(22)23-17-12-7-6-9-14-20(3)15-10-11-16-21/h18,21H,4-17H2,1-3H3. The fourth-order valence-corrected chi connectivity index (χ4v) is 2.58. The van der Waals surface area contributed by atoms with Crippen molar-refractivity contribution in [2.45, 2.75) is 78.1 Å². The maximum Gasteiger partial charge on any atom is 0.308 e. The molecule has 0 radical (unpaired) electrons. The number of ether oxygens (including phenoxy) is 1. The van der Waals surface area contributed by atoms with Gasteiger partial charge in [0.25, 0.3) is 0 Å². The highest BCUT2D eigenvalue weighted by Gasteiger charge is 2.13. The molecule has 0 saturated carbocycles. The Bertz CT molecular complexity index is 271. The Balaban J connectivity index is 3.39. The van der Waals surface area contributed by atoms with Crippen molar-refractivity contribution in [2.75, 3.05) is 33.4 Å². The van der Waals surface area contributed by atoms with Crippen molar-refractivity contribution >= 4 is 5.97 Å². The van der Waals surface area contributed by atoms with Crippen LogP contribution < -0.4 is 0 Å². The van der Waals surface area contributed by atoms with Crippen LogP contribution in [0.4, 0.5) is 0 Å². The van der Waals surface area contributed by atoms with Crippen molar-refractivity contribution in [3.63, 3.8) is 0 Å². The molecule has 0 fully saturated rings. The van der Waals surface area contributed by atoms with Crippen molar-refractivity contribution < 1.29 is 14.6 Å². The van der Waals surface area contributed by atoms with Crippen LogP contribution in [0.15, 0.2) is 0 Å². The quantitative estimate of drug-likeness (QED) is 0.343. The molecule has 1 unspecified atom stereocenters. The van der Waals surface area contributed by atoms with Crippen LogP contribution in [0.5, 0.6) is 0 Å². The third-order valence-electron chi connectivity index (χ3n) is 4.27. The molecule has 23 heavy (non-hydrogen) atoms. The molecule has 138 valence electrons. The lowest BCUT2D eigenvalue weighted by atomic mass is 10.0. The number of aliphatic hydroxyl groups excluding tert-OH is 1. The van der Waals surface area contributed by atoms with Gasteiger partial charge < -0.3 is 14.7 Å². The number of hydrogen-bond acceptors (Lipinski definition) is 4. The molecule has 0 aliphatic carbocycles. The normalized spacial score (nSPS) is 12.6. The Hall–Kier alpha value is -0.610. The van der Waals surface area contributed by atoms with Crippen LogP contribution in [0.25, 0.3) is 0 Å². The van der Waals surface area contributed by atoms with Crippen LogP contribution >= 0.6 is 0 Å². The molecule has 1 atom stereocenters. The number of nitrogens with zero attached hydrogens (tertiary/aromatic N) is 1. The second-order valence-electron chi connectivity index (χ2n) is 6.71. The molecule has 0 aliphatic heterocycles. The van der Waals surface area contributed by atoms with E-state index >= 15 is 0 Å². The summed E-state index contributed by atoms with van der Waals surface area (Å²) in [6.07, 6.45) is 10.9. The van der Waals surface area contributed by atoms with Crippen LogP contribution in [0, 0.1) is 5.92 Å². The summed E-state index contributed by atoms with van der Waals surface area (Å²) in [5.74, 6) is 0.0267. The average Bonchev–Trinajstić information content (AvgIpc) is 2.54. The maximum absolute atomic E-state index is 11.8. The fourth-order valence-electron chi connectivity index (χ4n) is 2.58. The van der Waals surface area contributed by atoms with E-state index in [1.54, 1.807) is 0 Å². The third-order valence-corrected chi connectivity index (χ3v) is 4.27. The zero-order chi connectivity index (χ0) is 17.3. The number of rotatable bonds is 16. The van der Waals surface area contributed by atoms with E-state index in [1.165, 1.54) is 25.7 Å². The summed E-state index contributed by atoms with van der Waals surface area (Å²) < 4.78 is 5.35. The van der Waals surface area contributed by atoms with Gasteiger partial charge in [0, 0.05) is 6.61 Å². The third kappa shape index (κ3) is 14.7. The van der Waals surface area contributed by atoms with Crippen LogP contribution in [0.3, 0.4) is 0 Å². The highest BCUT2D eigenvalue weighted by atomic mass is 16.5. The molecule has 0 aromatic carbocycles. The summed E-state index contributed by atoms with van der Waals surface area (Å²) in [5, 5.41) is 8.75. The first-order chi connectivity index (χ1) is 11.1. The van der Waals surface area contributed by atoms with Crippen LogP contribution in [0.2, 0.25) is 0 Å². The van der Waals surface area contributed by atoms with Gasteiger partial charge in [0.1, 0.15) is 0 Å². The Morgan fingerprint density at radius 2 is 1.65 bits per heavy atom. The largest absolute Gasteiger partial charge is 0.465 e. The molecular formula is C19H39NO3. The van der Waals surface area contributed by atoms with Crippen LogP contribution in [-0.2, 0) is 9.53 Å². The van der Waals surface area contributed by atoms with Crippen LogP contribution in [-0.4, -0.2) is 49.3 Å². The zero-order valence-electron chi connectivity index (χ0n) is 15.7. The van der Waals surface area contributed by atoms with E-state index in [0.29, 0.717) is 13.2 Å². The summed E-state index contributed by atoms with van der Waals surface area (Å²) in [4.78, 5) is 14.1. The van der Waals surface area contributed by atoms with Gasteiger partial charge in [0.2, 0.25) is 0 Å². The summed E-state index contributed by atoms with van der Waals surface area (Å²) >= 11 is 0. The molecule has 0 heterocycles. The Morgan fingerprint density at radius 3 is 2.30 bits per heavy atom. The van der Waals surface area contributed by atoms with Gasteiger partial charge >= 0.3 is 5.97 Å². The summed E-state index contributed by atoms with van der Waals surface area (Å²) in [7, 11) is 2.14. The number of aliphatic hydroxyl groups is 1. The summed E-state index contributed by atoms with van der Waals surface area (Å²) in [6.45, 7) is 7.20. The Labute approximate surface area is 143 Å². The summed E-state index contributed by atoms with van der Waals surface area (Å²) in [6, 6.07) is 0. The minimum atomic E-state index is -0.0234. The maximum atomic E-state index is 11.8. The van der Waals surface area contributed by atoms with Crippen molar-refractivity contribution in [3.8, 4) is 0 Å². The van der Waals surface area contributed by atoms with Gasteiger partial charge in [-0.25, -0.2) is 0 Å². The Morgan fingerprint density at radius 1 is 1.00 bits per heavy atom. The predicted octanol–water partition coefficient (Wildman–Crippen LogP) is 4.01. The first-order valence-corrected chi connectivity index (χ1v) is 9.57. The zero-order valence-corrected chi connectivity index (χ0v) is 15.7. The van der Waals surface area contributed by atoms with Gasteiger partial charge in [-0.2, -0.15) is 0 Å². The molecule has 4 nitrogen and oxygen atoms in total. The van der Waals surface area contributed by atoms with Gasteiger partial charge in [0.05, 0.1) is 12.5 Å². The summed E-state index contributed by atoms with van der Waals surface area (Å²) in [5.41, 5.74) is 0. The molecule has 1 N–H and O–H groups in total. The predicted molar refractivity (Wildman–Crippen MR) is 96.5 cm³/mol. The van der Waals surface area contributed by atoms with Crippen molar-refractivity contribution in [1.29, 1.82) is 0 Å². The van der Waals surface area contributed by atoms with E-state index in [2.05, 4.69) is 18.9 Å². The first-order valence-electron chi connectivity index (χ1n) is 9.57.